The molecule has 0 aromatic heterocycles. The van der Waals surface area contributed by atoms with E-state index in [4.69, 9.17) is 17.3 Å². The van der Waals surface area contributed by atoms with Crippen LogP contribution in [-0.4, -0.2) is 28.8 Å². The Hall–Kier alpha value is -2.44. The second kappa shape index (κ2) is 7.90. The van der Waals surface area contributed by atoms with Gasteiger partial charge in [-0.3, -0.25) is 14.9 Å². The average molecular weight is 348 g/mol. The van der Waals surface area contributed by atoms with E-state index in [1.54, 1.807) is 7.05 Å². The Balaban J connectivity index is 2.06. The van der Waals surface area contributed by atoms with E-state index in [1.807, 2.05) is 30.3 Å². The number of nitro benzene ring substituents is 1. The lowest BCUT2D eigenvalue weighted by atomic mass is 10.1. The second-order valence-electron chi connectivity index (χ2n) is 5.52. The molecular formula is C17H18ClN3O3. The Kier molecular flexibility index (Phi) is 5.89. The normalized spacial score (nSPS) is 11.8. The van der Waals surface area contributed by atoms with E-state index in [0.29, 0.717) is 17.0 Å². The van der Waals surface area contributed by atoms with Crippen LogP contribution in [0.1, 0.15) is 11.1 Å². The van der Waals surface area contributed by atoms with Gasteiger partial charge in [0.1, 0.15) is 0 Å². The standard InChI is InChI=1S/C17H18ClN3O3/c1-20(11-13-10-14(21(23)24)7-8-15(13)18)17(22)16(19)9-12-5-3-2-4-6-12/h2-8,10,16H,9,11,19H2,1H3/t16-/m1/s1. The first-order valence-corrected chi connectivity index (χ1v) is 7.73. The number of nitrogens with zero attached hydrogens (tertiary/aromatic N) is 2. The van der Waals surface area contributed by atoms with Gasteiger partial charge in [-0.25, -0.2) is 0 Å². The third-order valence-electron chi connectivity index (χ3n) is 3.64. The van der Waals surface area contributed by atoms with Crippen molar-refractivity contribution < 1.29 is 9.72 Å². The maximum Gasteiger partial charge on any atom is 0.269 e. The number of hydrogen-bond acceptors (Lipinski definition) is 4. The fourth-order valence-corrected chi connectivity index (χ4v) is 2.55. The SMILES string of the molecule is CN(Cc1cc([N+](=O)[O-])ccc1Cl)C(=O)[C@H](N)Cc1ccccc1. The highest BCUT2D eigenvalue weighted by Crippen LogP contribution is 2.23. The zero-order valence-electron chi connectivity index (χ0n) is 13.2. The third kappa shape index (κ3) is 4.53. The first kappa shape index (κ1) is 17.9. The Morgan fingerprint density at radius 3 is 2.58 bits per heavy atom. The van der Waals surface area contributed by atoms with Gasteiger partial charge in [0.25, 0.3) is 5.69 Å². The summed E-state index contributed by atoms with van der Waals surface area (Å²) in [5.41, 5.74) is 7.40. The summed E-state index contributed by atoms with van der Waals surface area (Å²) >= 11 is 6.07. The molecule has 0 aliphatic heterocycles. The Bertz CT molecular complexity index is 737. The number of nitrogens with two attached hydrogens (primary N) is 1. The van der Waals surface area contributed by atoms with E-state index < -0.39 is 11.0 Å². The number of nitro groups is 1. The largest absolute Gasteiger partial charge is 0.340 e. The van der Waals surface area contributed by atoms with E-state index in [-0.39, 0.29) is 18.1 Å². The molecule has 1 amide bonds. The highest BCUT2D eigenvalue weighted by Gasteiger charge is 2.20. The lowest BCUT2D eigenvalue weighted by Gasteiger charge is -2.22. The van der Waals surface area contributed by atoms with Crippen molar-refractivity contribution in [3.8, 4) is 0 Å². The van der Waals surface area contributed by atoms with Crippen LogP contribution in [0, 0.1) is 10.1 Å². The molecule has 0 spiro atoms. The number of likely N-dealkylation sites (N-methyl/N-ethyl adjacent to an activating group) is 1. The molecule has 0 aliphatic rings. The summed E-state index contributed by atoms with van der Waals surface area (Å²) in [7, 11) is 1.60. The van der Waals surface area contributed by atoms with Crippen molar-refractivity contribution in [2.24, 2.45) is 5.73 Å². The van der Waals surface area contributed by atoms with Crippen LogP contribution in [0.3, 0.4) is 0 Å². The molecule has 2 rings (SSSR count). The van der Waals surface area contributed by atoms with Gasteiger partial charge >= 0.3 is 0 Å². The van der Waals surface area contributed by atoms with Gasteiger partial charge in [0, 0.05) is 30.7 Å². The Morgan fingerprint density at radius 2 is 1.96 bits per heavy atom. The molecule has 24 heavy (non-hydrogen) atoms. The molecule has 2 N–H and O–H groups in total. The molecule has 2 aromatic carbocycles. The molecule has 0 fully saturated rings. The van der Waals surface area contributed by atoms with Gasteiger partial charge in [-0.2, -0.15) is 0 Å². The first-order valence-electron chi connectivity index (χ1n) is 7.35. The fraction of sp³-hybridized carbons (Fsp3) is 0.235. The quantitative estimate of drug-likeness (QED) is 0.642. The first-order chi connectivity index (χ1) is 11.4. The average Bonchev–Trinajstić information content (AvgIpc) is 2.56. The maximum atomic E-state index is 12.4. The number of halogens is 1. The lowest BCUT2D eigenvalue weighted by molar-refractivity contribution is -0.384. The van der Waals surface area contributed by atoms with Gasteiger partial charge in [-0.15, -0.1) is 0 Å². The number of rotatable bonds is 6. The van der Waals surface area contributed by atoms with Gasteiger partial charge in [-0.1, -0.05) is 41.9 Å². The van der Waals surface area contributed by atoms with Crippen molar-refractivity contribution in [1.82, 2.24) is 4.90 Å². The third-order valence-corrected chi connectivity index (χ3v) is 4.01. The topological polar surface area (TPSA) is 89.5 Å². The Morgan fingerprint density at radius 1 is 1.29 bits per heavy atom. The van der Waals surface area contributed by atoms with Crippen LogP contribution >= 0.6 is 11.6 Å². The molecule has 0 bridgehead atoms. The molecule has 0 aliphatic carbocycles. The molecule has 0 saturated carbocycles. The van der Waals surface area contributed by atoms with Gasteiger partial charge in [0.05, 0.1) is 11.0 Å². The van der Waals surface area contributed by atoms with Crippen LogP contribution in [0.15, 0.2) is 48.5 Å². The molecule has 2 aromatic rings. The highest BCUT2D eigenvalue weighted by molar-refractivity contribution is 6.31. The minimum Gasteiger partial charge on any atom is -0.340 e. The molecule has 0 saturated heterocycles. The van der Waals surface area contributed by atoms with E-state index in [1.165, 1.54) is 23.1 Å². The van der Waals surface area contributed by atoms with Crippen LogP contribution in [-0.2, 0) is 17.8 Å². The van der Waals surface area contributed by atoms with Crippen LogP contribution in [0.5, 0.6) is 0 Å². The molecule has 1 atom stereocenters. The molecule has 7 heteroatoms. The molecular weight excluding hydrogens is 330 g/mol. The zero-order chi connectivity index (χ0) is 17.7. The van der Waals surface area contributed by atoms with Crippen molar-refractivity contribution >= 4 is 23.2 Å². The molecule has 0 heterocycles. The summed E-state index contributed by atoms with van der Waals surface area (Å²) in [6, 6.07) is 13.0. The van der Waals surface area contributed by atoms with Crippen molar-refractivity contribution in [3.05, 3.63) is 74.8 Å². The summed E-state index contributed by atoms with van der Waals surface area (Å²) in [5, 5.41) is 11.2. The zero-order valence-corrected chi connectivity index (χ0v) is 13.9. The van der Waals surface area contributed by atoms with E-state index in [0.717, 1.165) is 5.56 Å². The number of non-ortho nitro benzene ring substituents is 1. The van der Waals surface area contributed by atoms with E-state index >= 15 is 0 Å². The van der Waals surface area contributed by atoms with Crippen molar-refractivity contribution in [3.63, 3.8) is 0 Å². The summed E-state index contributed by atoms with van der Waals surface area (Å²) in [6.45, 7) is 0.155. The number of benzene rings is 2. The number of amides is 1. The maximum absolute atomic E-state index is 12.4. The highest BCUT2D eigenvalue weighted by atomic mass is 35.5. The number of carbonyl (C=O) groups excluding carboxylic acids is 1. The minimum atomic E-state index is -0.685. The molecule has 0 unspecified atom stereocenters. The van der Waals surface area contributed by atoms with Gasteiger partial charge in [0.15, 0.2) is 0 Å². The van der Waals surface area contributed by atoms with Gasteiger partial charge in [-0.05, 0) is 23.6 Å². The van der Waals surface area contributed by atoms with Crippen LogP contribution in [0.25, 0.3) is 0 Å². The van der Waals surface area contributed by atoms with Crippen molar-refractivity contribution in [2.45, 2.75) is 19.0 Å². The van der Waals surface area contributed by atoms with Gasteiger partial charge in [0.2, 0.25) is 5.91 Å². The Labute approximate surface area is 145 Å². The minimum absolute atomic E-state index is 0.0659. The number of carbonyl (C=O) groups is 1. The van der Waals surface area contributed by atoms with Gasteiger partial charge < -0.3 is 10.6 Å². The molecule has 6 nitrogen and oxygen atoms in total. The van der Waals surface area contributed by atoms with Crippen molar-refractivity contribution in [2.75, 3.05) is 7.05 Å². The molecule has 126 valence electrons. The van der Waals surface area contributed by atoms with Crippen molar-refractivity contribution in [1.29, 1.82) is 0 Å². The smallest absolute Gasteiger partial charge is 0.269 e. The van der Waals surface area contributed by atoms with Crippen LogP contribution < -0.4 is 5.73 Å². The van der Waals surface area contributed by atoms with Crippen LogP contribution in [0.2, 0.25) is 5.02 Å². The van der Waals surface area contributed by atoms with E-state index in [9.17, 15) is 14.9 Å². The summed E-state index contributed by atoms with van der Waals surface area (Å²) < 4.78 is 0. The second-order valence-corrected chi connectivity index (χ2v) is 5.93. The van der Waals surface area contributed by atoms with Crippen LogP contribution in [0.4, 0.5) is 5.69 Å². The molecule has 0 radical (unpaired) electrons. The fourth-order valence-electron chi connectivity index (χ4n) is 2.37. The predicted molar refractivity (Wildman–Crippen MR) is 92.7 cm³/mol. The lowest BCUT2D eigenvalue weighted by Crippen LogP contribution is -2.42. The van der Waals surface area contributed by atoms with E-state index in [2.05, 4.69) is 0 Å². The number of hydrogen-bond donors (Lipinski definition) is 1. The summed E-state index contributed by atoms with van der Waals surface area (Å²) in [5.74, 6) is -0.249. The monoisotopic (exact) mass is 347 g/mol. The predicted octanol–water partition coefficient (Wildman–Crippen LogP) is 2.78. The summed E-state index contributed by atoms with van der Waals surface area (Å²) in [6.07, 6.45) is 0.423. The summed E-state index contributed by atoms with van der Waals surface area (Å²) in [4.78, 5) is 24.2.